The van der Waals surface area contributed by atoms with E-state index in [0.29, 0.717) is 11.7 Å². The Hall–Kier alpha value is -1.09. The number of fused-ring (bicyclic) bond motifs is 2. The highest BCUT2D eigenvalue weighted by Crippen LogP contribution is 2.34. The maximum atomic E-state index is 12.2. The zero-order valence-electron chi connectivity index (χ0n) is 8.99. The number of likely N-dealkylation sites (tertiary alicyclic amines) is 1. The van der Waals surface area contributed by atoms with Crippen LogP contribution in [0.5, 0.6) is 0 Å². The average Bonchev–Trinajstić information content (AvgIpc) is 2.68. The van der Waals surface area contributed by atoms with E-state index >= 15 is 0 Å². The zero-order chi connectivity index (χ0) is 10.4. The van der Waals surface area contributed by atoms with Gasteiger partial charge in [0.15, 0.2) is 5.78 Å². The Labute approximate surface area is 89.5 Å². The van der Waals surface area contributed by atoms with Crippen LogP contribution < -0.4 is 0 Å². The predicted octanol–water partition coefficient (Wildman–Crippen LogP) is 1.32. The standard InChI is InChI=1S/C12H16N2O/c1-14-5-3-8-6-11-9(2-4-13-11)12(15)10(8)7-14/h2,4,8,10,13H,3,5-7H2,1H3. The number of rotatable bonds is 0. The first-order valence-electron chi connectivity index (χ1n) is 5.64. The van der Waals surface area contributed by atoms with Crippen molar-refractivity contribution < 1.29 is 4.79 Å². The summed E-state index contributed by atoms with van der Waals surface area (Å²) in [5, 5.41) is 0. The third-order valence-electron chi connectivity index (χ3n) is 3.86. The van der Waals surface area contributed by atoms with Crippen LogP contribution >= 0.6 is 0 Å². The quantitative estimate of drug-likeness (QED) is 0.692. The van der Waals surface area contributed by atoms with Gasteiger partial charge < -0.3 is 9.88 Å². The lowest BCUT2D eigenvalue weighted by atomic mass is 9.74. The number of carbonyl (C=O) groups excluding carboxylic acids is 1. The highest BCUT2D eigenvalue weighted by atomic mass is 16.1. The highest BCUT2D eigenvalue weighted by Gasteiger charge is 2.38. The van der Waals surface area contributed by atoms with E-state index in [9.17, 15) is 4.79 Å². The molecule has 1 saturated heterocycles. The molecular weight excluding hydrogens is 188 g/mol. The molecule has 2 atom stereocenters. The van der Waals surface area contributed by atoms with Crippen molar-refractivity contribution in [2.45, 2.75) is 12.8 Å². The number of H-pyrrole nitrogens is 1. The van der Waals surface area contributed by atoms with E-state index in [2.05, 4.69) is 16.9 Å². The van der Waals surface area contributed by atoms with Crippen molar-refractivity contribution in [3.63, 3.8) is 0 Å². The molecule has 1 aromatic heterocycles. The summed E-state index contributed by atoms with van der Waals surface area (Å²) in [6.07, 6.45) is 4.11. The van der Waals surface area contributed by atoms with Crippen LogP contribution in [0.1, 0.15) is 22.5 Å². The third kappa shape index (κ3) is 1.34. The molecule has 0 radical (unpaired) electrons. The molecule has 1 aromatic rings. The molecule has 0 aromatic carbocycles. The van der Waals surface area contributed by atoms with Crippen LogP contribution in [0, 0.1) is 11.8 Å². The fourth-order valence-corrected chi connectivity index (χ4v) is 2.97. The summed E-state index contributed by atoms with van der Waals surface area (Å²) in [7, 11) is 2.11. The fourth-order valence-electron chi connectivity index (χ4n) is 2.97. The summed E-state index contributed by atoms with van der Waals surface area (Å²) in [6.45, 7) is 2.07. The molecule has 2 heterocycles. The Bertz CT molecular complexity index is 396. The van der Waals surface area contributed by atoms with Crippen LogP contribution in [0.4, 0.5) is 0 Å². The lowest BCUT2D eigenvalue weighted by Crippen LogP contribution is -2.45. The number of hydrogen-bond acceptors (Lipinski definition) is 2. The van der Waals surface area contributed by atoms with Crippen LogP contribution in [-0.4, -0.2) is 35.8 Å². The van der Waals surface area contributed by atoms with Crippen LogP contribution in [0.25, 0.3) is 0 Å². The minimum absolute atomic E-state index is 0.243. The van der Waals surface area contributed by atoms with Gasteiger partial charge in [0.25, 0.3) is 0 Å². The molecule has 3 nitrogen and oxygen atoms in total. The van der Waals surface area contributed by atoms with Gasteiger partial charge in [0.1, 0.15) is 0 Å². The van der Waals surface area contributed by atoms with E-state index in [1.165, 1.54) is 0 Å². The molecular formula is C12H16N2O. The predicted molar refractivity (Wildman–Crippen MR) is 57.9 cm³/mol. The van der Waals surface area contributed by atoms with E-state index in [1.807, 2.05) is 12.3 Å². The van der Waals surface area contributed by atoms with Crippen molar-refractivity contribution in [3.8, 4) is 0 Å². The average molecular weight is 204 g/mol. The Kier molecular flexibility index (Phi) is 1.96. The first kappa shape index (κ1) is 9.16. The van der Waals surface area contributed by atoms with E-state index < -0.39 is 0 Å². The first-order chi connectivity index (χ1) is 7.25. The lowest BCUT2D eigenvalue weighted by molar-refractivity contribution is 0.0706. The van der Waals surface area contributed by atoms with Gasteiger partial charge in [-0.2, -0.15) is 0 Å². The topological polar surface area (TPSA) is 36.1 Å². The second-order valence-corrected chi connectivity index (χ2v) is 4.86. The Morgan fingerprint density at radius 1 is 1.53 bits per heavy atom. The summed E-state index contributed by atoms with van der Waals surface area (Å²) in [6, 6.07) is 1.93. The second kappa shape index (κ2) is 3.20. The number of ketones is 1. The summed E-state index contributed by atoms with van der Waals surface area (Å²) >= 11 is 0. The van der Waals surface area contributed by atoms with Crippen molar-refractivity contribution in [1.29, 1.82) is 0 Å². The van der Waals surface area contributed by atoms with Gasteiger partial charge in [-0.3, -0.25) is 4.79 Å². The second-order valence-electron chi connectivity index (χ2n) is 4.86. The number of nitrogens with zero attached hydrogens (tertiary/aromatic N) is 1. The van der Waals surface area contributed by atoms with Gasteiger partial charge in [-0.25, -0.2) is 0 Å². The molecule has 0 amide bonds. The van der Waals surface area contributed by atoms with Gasteiger partial charge >= 0.3 is 0 Å². The molecule has 0 saturated carbocycles. The van der Waals surface area contributed by atoms with Crippen LogP contribution in [0.2, 0.25) is 0 Å². The summed E-state index contributed by atoms with van der Waals surface area (Å²) < 4.78 is 0. The van der Waals surface area contributed by atoms with Gasteiger partial charge in [0.05, 0.1) is 0 Å². The maximum Gasteiger partial charge on any atom is 0.169 e. The van der Waals surface area contributed by atoms with Crippen LogP contribution in [0.3, 0.4) is 0 Å². The number of nitrogens with one attached hydrogen (secondary N) is 1. The molecule has 80 valence electrons. The summed E-state index contributed by atoms with van der Waals surface area (Å²) in [5.41, 5.74) is 2.09. The lowest BCUT2D eigenvalue weighted by Gasteiger charge is -2.38. The van der Waals surface area contributed by atoms with Gasteiger partial charge in [-0.05, 0) is 38.4 Å². The molecule has 3 heteroatoms. The van der Waals surface area contributed by atoms with Crippen LogP contribution in [-0.2, 0) is 6.42 Å². The minimum atomic E-state index is 0.243. The fraction of sp³-hybridized carbons (Fsp3) is 0.583. The van der Waals surface area contributed by atoms with Gasteiger partial charge in [0.2, 0.25) is 0 Å². The number of carbonyl (C=O) groups is 1. The zero-order valence-corrected chi connectivity index (χ0v) is 8.99. The monoisotopic (exact) mass is 204 g/mol. The Morgan fingerprint density at radius 3 is 3.27 bits per heavy atom. The van der Waals surface area contributed by atoms with E-state index in [0.717, 1.165) is 37.2 Å². The molecule has 2 unspecified atom stereocenters. The molecule has 1 fully saturated rings. The number of aromatic nitrogens is 1. The van der Waals surface area contributed by atoms with E-state index in [1.54, 1.807) is 0 Å². The molecule has 15 heavy (non-hydrogen) atoms. The van der Waals surface area contributed by atoms with Gasteiger partial charge in [0, 0.05) is 29.9 Å². The number of piperidine rings is 1. The largest absolute Gasteiger partial charge is 0.364 e. The van der Waals surface area contributed by atoms with Crippen molar-refractivity contribution in [2.75, 3.05) is 20.1 Å². The molecule has 3 rings (SSSR count). The summed E-state index contributed by atoms with van der Waals surface area (Å²) in [4.78, 5) is 17.7. The van der Waals surface area contributed by atoms with Crippen molar-refractivity contribution >= 4 is 5.78 Å². The Morgan fingerprint density at radius 2 is 2.40 bits per heavy atom. The normalized spacial score (nSPS) is 31.1. The van der Waals surface area contributed by atoms with E-state index in [-0.39, 0.29) is 5.92 Å². The molecule has 2 aliphatic rings. The number of hydrogen-bond donors (Lipinski definition) is 1. The van der Waals surface area contributed by atoms with Crippen LogP contribution in [0.15, 0.2) is 12.3 Å². The maximum absolute atomic E-state index is 12.2. The first-order valence-corrected chi connectivity index (χ1v) is 5.64. The minimum Gasteiger partial charge on any atom is -0.364 e. The SMILES string of the molecule is CN1CCC2Cc3[nH]ccc3C(=O)C2C1. The van der Waals surface area contributed by atoms with Crippen molar-refractivity contribution in [3.05, 3.63) is 23.5 Å². The smallest absolute Gasteiger partial charge is 0.169 e. The molecule has 0 spiro atoms. The molecule has 0 bridgehead atoms. The highest BCUT2D eigenvalue weighted by molar-refractivity contribution is 6.00. The van der Waals surface area contributed by atoms with Crippen molar-refractivity contribution in [2.24, 2.45) is 11.8 Å². The van der Waals surface area contributed by atoms with Gasteiger partial charge in [-0.1, -0.05) is 0 Å². The third-order valence-corrected chi connectivity index (χ3v) is 3.86. The number of Topliss-reactive ketones (excluding diaryl/α,β-unsaturated/α-hetero) is 1. The van der Waals surface area contributed by atoms with E-state index in [4.69, 9.17) is 0 Å². The molecule has 1 N–H and O–H groups in total. The summed E-state index contributed by atoms with van der Waals surface area (Å²) in [5.74, 6) is 1.17. The Balaban J connectivity index is 1.96. The van der Waals surface area contributed by atoms with Crippen molar-refractivity contribution in [1.82, 2.24) is 9.88 Å². The molecule has 1 aliphatic heterocycles. The number of aromatic amines is 1. The molecule has 1 aliphatic carbocycles. The van der Waals surface area contributed by atoms with Gasteiger partial charge in [-0.15, -0.1) is 0 Å².